The number of hydrogen-bond acceptors (Lipinski definition) is 7. The second kappa shape index (κ2) is 5.67. The fourth-order valence-electron chi connectivity index (χ4n) is 2.82. The van der Waals surface area contributed by atoms with Gasteiger partial charge in [0, 0.05) is 24.2 Å². The Bertz CT molecular complexity index is 1020. The van der Waals surface area contributed by atoms with E-state index in [0.29, 0.717) is 11.6 Å². The fourth-order valence-corrected chi connectivity index (χ4v) is 2.82. The van der Waals surface area contributed by atoms with E-state index in [9.17, 15) is 0 Å². The molecule has 0 saturated carbocycles. The van der Waals surface area contributed by atoms with Crippen LogP contribution < -0.4 is 10.1 Å². The molecule has 0 unspecified atom stereocenters. The average molecular weight is 334 g/mol. The van der Waals surface area contributed by atoms with Gasteiger partial charge in [0.1, 0.15) is 17.4 Å². The van der Waals surface area contributed by atoms with E-state index in [4.69, 9.17) is 9.26 Å². The number of H-pyrrole nitrogens is 1. The van der Waals surface area contributed by atoms with Gasteiger partial charge in [0.15, 0.2) is 5.76 Å². The molecular weight excluding hydrogens is 320 g/mol. The summed E-state index contributed by atoms with van der Waals surface area (Å²) in [6.45, 7) is 1.76. The third-order valence-electron chi connectivity index (χ3n) is 4.22. The summed E-state index contributed by atoms with van der Waals surface area (Å²) in [6.07, 6.45) is 0.228. The molecule has 2 aromatic carbocycles. The summed E-state index contributed by atoms with van der Waals surface area (Å²) in [4.78, 5) is 0. The van der Waals surface area contributed by atoms with E-state index in [1.165, 1.54) is 0 Å². The van der Waals surface area contributed by atoms with E-state index >= 15 is 0 Å². The van der Waals surface area contributed by atoms with Crippen molar-refractivity contribution in [2.75, 3.05) is 13.1 Å². The number of nitrogens with zero attached hydrogens (tertiary/aromatic N) is 4. The van der Waals surface area contributed by atoms with Crippen LogP contribution in [-0.4, -0.2) is 45.0 Å². The van der Waals surface area contributed by atoms with Gasteiger partial charge >= 0.3 is 0 Å². The van der Waals surface area contributed by atoms with Gasteiger partial charge in [-0.2, -0.15) is 5.21 Å². The molecule has 2 aromatic heterocycles. The molecule has 4 aromatic rings. The van der Waals surface area contributed by atoms with E-state index < -0.39 is 0 Å². The van der Waals surface area contributed by atoms with Crippen LogP contribution in [0.3, 0.4) is 0 Å². The molecule has 25 heavy (non-hydrogen) atoms. The summed E-state index contributed by atoms with van der Waals surface area (Å²) in [6, 6.07) is 13.6. The standard InChI is InChI=1S/C17H14N6O2/c1-2-10(6-12(3-1)24-13-8-18-9-13)16-14-7-11(17-19-22-23-20-17)4-5-15(14)21-25-16/h1-7,13,18H,8-9H2,(H,19,20,22,23). The Hall–Kier alpha value is -3.26. The first kappa shape index (κ1) is 14.1. The van der Waals surface area contributed by atoms with Gasteiger partial charge in [-0.1, -0.05) is 17.3 Å². The number of fused-ring (bicyclic) bond motifs is 1. The minimum absolute atomic E-state index is 0.228. The van der Waals surface area contributed by atoms with Gasteiger partial charge in [-0.15, -0.1) is 10.2 Å². The molecule has 0 amide bonds. The maximum absolute atomic E-state index is 5.93. The summed E-state index contributed by atoms with van der Waals surface area (Å²) in [5, 5.41) is 22.3. The maximum atomic E-state index is 5.93. The highest BCUT2D eigenvalue weighted by Crippen LogP contribution is 2.33. The number of ether oxygens (including phenoxy) is 1. The third kappa shape index (κ3) is 2.52. The number of benzene rings is 2. The lowest BCUT2D eigenvalue weighted by molar-refractivity contribution is 0.142. The minimum atomic E-state index is 0.228. The first-order chi connectivity index (χ1) is 12.4. The predicted molar refractivity (Wildman–Crippen MR) is 89.9 cm³/mol. The van der Waals surface area contributed by atoms with Gasteiger partial charge in [-0.3, -0.25) is 0 Å². The van der Waals surface area contributed by atoms with Crippen molar-refractivity contribution in [1.82, 2.24) is 31.1 Å². The van der Waals surface area contributed by atoms with Gasteiger partial charge in [-0.25, -0.2) is 0 Å². The molecule has 1 saturated heterocycles. The van der Waals surface area contributed by atoms with Gasteiger partial charge in [-0.05, 0) is 35.5 Å². The summed E-state index contributed by atoms with van der Waals surface area (Å²) >= 11 is 0. The van der Waals surface area contributed by atoms with E-state index in [-0.39, 0.29) is 6.10 Å². The zero-order chi connectivity index (χ0) is 16.6. The Morgan fingerprint density at radius 1 is 1.08 bits per heavy atom. The Balaban J connectivity index is 1.55. The largest absolute Gasteiger partial charge is 0.488 e. The van der Waals surface area contributed by atoms with Crippen molar-refractivity contribution in [1.29, 1.82) is 0 Å². The molecule has 0 aliphatic carbocycles. The summed E-state index contributed by atoms with van der Waals surface area (Å²) in [5.41, 5.74) is 2.54. The van der Waals surface area contributed by atoms with Crippen LogP contribution in [0.15, 0.2) is 47.0 Å². The Morgan fingerprint density at radius 3 is 2.84 bits per heavy atom. The van der Waals surface area contributed by atoms with Crippen molar-refractivity contribution in [3.05, 3.63) is 42.5 Å². The second-order valence-electron chi connectivity index (χ2n) is 5.90. The number of nitrogens with one attached hydrogen (secondary N) is 2. The highest BCUT2D eigenvalue weighted by Gasteiger charge is 2.19. The summed E-state index contributed by atoms with van der Waals surface area (Å²) < 4.78 is 11.5. The van der Waals surface area contributed by atoms with Crippen LogP contribution in [0.4, 0.5) is 0 Å². The number of tetrazole rings is 1. The lowest BCUT2D eigenvalue weighted by Crippen LogP contribution is -2.50. The number of hydrogen-bond donors (Lipinski definition) is 2. The summed E-state index contributed by atoms with van der Waals surface area (Å²) in [7, 11) is 0. The number of aromatic amines is 1. The van der Waals surface area contributed by atoms with Crippen molar-refractivity contribution < 1.29 is 9.26 Å². The van der Waals surface area contributed by atoms with Crippen LogP contribution in [0, 0.1) is 0 Å². The Labute approximate surface area is 142 Å². The van der Waals surface area contributed by atoms with E-state index in [1.807, 2.05) is 42.5 Å². The van der Waals surface area contributed by atoms with Crippen molar-refractivity contribution in [2.24, 2.45) is 0 Å². The molecule has 2 N–H and O–H groups in total. The zero-order valence-electron chi connectivity index (χ0n) is 13.1. The van der Waals surface area contributed by atoms with Crippen molar-refractivity contribution in [2.45, 2.75) is 6.10 Å². The molecular formula is C17H14N6O2. The van der Waals surface area contributed by atoms with Crippen molar-refractivity contribution in [3.63, 3.8) is 0 Å². The van der Waals surface area contributed by atoms with Crippen LogP contribution in [0.25, 0.3) is 33.6 Å². The van der Waals surface area contributed by atoms with Crippen LogP contribution in [0.1, 0.15) is 0 Å². The monoisotopic (exact) mass is 334 g/mol. The lowest BCUT2D eigenvalue weighted by atomic mass is 10.1. The van der Waals surface area contributed by atoms with Crippen LogP contribution >= 0.6 is 0 Å². The number of rotatable bonds is 4. The fraction of sp³-hybridized carbons (Fsp3) is 0.176. The lowest BCUT2D eigenvalue weighted by Gasteiger charge is -2.27. The molecule has 0 atom stereocenters. The van der Waals surface area contributed by atoms with Gasteiger partial charge in [0.25, 0.3) is 0 Å². The topological polar surface area (TPSA) is 102 Å². The molecule has 1 aliphatic heterocycles. The normalized spacial score (nSPS) is 14.6. The molecule has 3 heterocycles. The first-order valence-electron chi connectivity index (χ1n) is 7.98. The molecule has 1 fully saturated rings. The molecule has 124 valence electrons. The molecule has 1 aliphatic rings. The smallest absolute Gasteiger partial charge is 0.204 e. The second-order valence-corrected chi connectivity index (χ2v) is 5.90. The predicted octanol–water partition coefficient (Wildman–Crippen LogP) is 2.03. The van der Waals surface area contributed by atoms with Crippen LogP contribution in [0.5, 0.6) is 5.75 Å². The Morgan fingerprint density at radius 2 is 2.04 bits per heavy atom. The molecule has 0 radical (unpaired) electrons. The molecule has 8 nitrogen and oxygen atoms in total. The minimum Gasteiger partial charge on any atom is -0.488 e. The molecule has 0 spiro atoms. The zero-order valence-corrected chi connectivity index (χ0v) is 13.1. The first-order valence-corrected chi connectivity index (χ1v) is 7.98. The number of aromatic nitrogens is 5. The van der Waals surface area contributed by atoms with Gasteiger partial charge in [0.05, 0.1) is 5.39 Å². The third-order valence-corrected chi connectivity index (χ3v) is 4.22. The van der Waals surface area contributed by atoms with E-state index in [0.717, 1.165) is 40.9 Å². The molecule has 0 bridgehead atoms. The maximum Gasteiger partial charge on any atom is 0.204 e. The van der Waals surface area contributed by atoms with Gasteiger partial charge < -0.3 is 14.6 Å². The SMILES string of the molecule is c1cc(OC2CNC2)cc(-c2onc3ccc(-c4nn[nH]n4)cc23)c1. The molecule has 5 rings (SSSR count). The Kier molecular flexibility index (Phi) is 3.20. The van der Waals surface area contributed by atoms with E-state index in [2.05, 4.69) is 31.1 Å². The average Bonchev–Trinajstić information content (AvgIpc) is 3.27. The highest BCUT2D eigenvalue weighted by atomic mass is 16.5. The van der Waals surface area contributed by atoms with Gasteiger partial charge in [0.2, 0.25) is 5.82 Å². The van der Waals surface area contributed by atoms with Crippen molar-refractivity contribution in [3.8, 4) is 28.5 Å². The summed E-state index contributed by atoms with van der Waals surface area (Å²) in [5.74, 6) is 2.05. The van der Waals surface area contributed by atoms with Crippen LogP contribution in [0.2, 0.25) is 0 Å². The quantitative estimate of drug-likeness (QED) is 0.588. The van der Waals surface area contributed by atoms with Crippen LogP contribution in [-0.2, 0) is 0 Å². The van der Waals surface area contributed by atoms with Crippen molar-refractivity contribution >= 4 is 10.9 Å². The molecule has 8 heteroatoms. The highest BCUT2D eigenvalue weighted by molar-refractivity contribution is 5.94. The van der Waals surface area contributed by atoms with E-state index in [1.54, 1.807) is 0 Å².